The highest BCUT2D eigenvalue weighted by Gasteiger charge is 2.48. The maximum atomic E-state index is 12.5. The standard InChI is InChI=1S/C25H33NO.ClH/c27-25(22-15-7-2-8-16-22,23-17-9-3-10-18-23)24(21-13-5-1-6-14-21)26-19-11-4-12-20-26;/h1-2,5-8,13-16,23-24,27H,3-4,9-12,17-20H2;1H. The first-order valence-corrected chi connectivity index (χ1v) is 10.9. The van der Waals surface area contributed by atoms with E-state index in [0.717, 1.165) is 31.5 Å². The van der Waals surface area contributed by atoms with E-state index in [1.165, 1.54) is 44.1 Å². The fraction of sp³-hybridized carbons (Fsp3) is 0.520. The molecule has 2 unspecified atom stereocenters. The Morgan fingerprint density at radius 2 is 1.29 bits per heavy atom. The Morgan fingerprint density at radius 3 is 1.89 bits per heavy atom. The molecule has 1 aliphatic heterocycles. The molecule has 3 heteroatoms. The third-order valence-corrected chi connectivity index (χ3v) is 6.75. The van der Waals surface area contributed by atoms with Crippen molar-refractivity contribution in [2.45, 2.75) is 63.0 Å². The van der Waals surface area contributed by atoms with Gasteiger partial charge in [-0.2, -0.15) is 0 Å². The Hall–Kier alpha value is -1.35. The van der Waals surface area contributed by atoms with Gasteiger partial charge in [0, 0.05) is 0 Å². The van der Waals surface area contributed by atoms with E-state index in [1.54, 1.807) is 0 Å². The molecule has 1 N–H and O–H groups in total. The number of hydrogen-bond acceptors (Lipinski definition) is 2. The molecule has 0 radical (unpaired) electrons. The molecule has 2 nitrogen and oxygen atoms in total. The molecule has 1 saturated heterocycles. The van der Waals surface area contributed by atoms with Crippen molar-refractivity contribution in [3.05, 3.63) is 71.8 Å². The molecule has 1 heterocycles. The molecule has 2 aromatic rings. The number of hydrogen-bond donors (Lipinski definition) is 1. The number of nitrogens with zero attached hydrogens (tertiary/aromatic N) is 1. The first-order chi connectivity index (χ1) is 13.3. The molecule has 0 aromatic heterocycles. The molecule has 1 saturated carbocycles. The molecular weight excluding hydrogens is 366 g/mol. The third-order valence-electron chi connectivity index (χ3n) is 6.75. The van der Waals surface area contributed by atoms with Crippen LogP contribution in [-0.2, 0) is 5.60 Å². The van der Waals surface area contributed by atoms with Crippen molar-refractivity contribution in [2.24, 2.45) is 5.92 Å². The van der Waals surface area contributed by atoms with E-state index >= 15 is 0 Å². The number of benzene rings is 2. The number of rotatable bonds is 5. The number of piperidine rings is 1. The van der Waals surface area contributed by atoms with E-state index in [9.17, 15) is 5.11 Å². The first-order valence-electron chi connectivity index (χ1n) is 10.9. The lowest BCUT2D eigenvalue weighted by Crippen LogP contribution is -2.50. The molecule has 0 bridgehead atoms. The van der Waals surface area contributed by atoms with E-state index in [4.69, 9.17) is 0 Å². The smallest absolute Gasteiger partial charge is 0.112 e. The van der Waals surface area contributed by atoms with Gasteiger partial charge in [0.15, 0.2) is 0 Å². The zero-order valence-electron chi connectivity index (χ0n) is 16.8. The zero-order chi connectivity index (χ0) is 18.5. The van der Waals surface area contributed by atoms with Crippen molar-refractivity contribution in [3.63, 3.8) is 0 Å². The van der Waals surface area contributed by atoms with Gasteiger partial charge in [0.05, 0.1) is 6.04 Å². The van der Waals surface area contributed by atoms with Crippen molar-refractivity contribution in [1.82, 2.24) is 4.90 Å². The molecule has 0 spiro atoms. The van der Waals surface area contributed by atoms with Crippen LogP contribution in [0.4, 0.5) is 0 Å². The van der Waals surface area contributed by atoms with E-state index < -0.39 is 5.60 Å². The van der Waals surface area contributed by atoms with Crippen LogP contribution in [0.25, 0.3) is 0 Å². The summed E-state index contributed by atoms with van der Waals surface area (Å²) in [6.07, 6.45) is 9.82. The fourth-order valence-corrected chi connectivity index (χ4v) is 5.42. The Bertz CT molecular complexity index is 695. The predicted octanol–water partition coefficient (Wildman–Crippen LogP) is 6.10. The highest BCUT2D eigenvalue weighted by Crippen LogP contribution is 2.50. The van der Waals surface area contributed by atoms with E-state index in [1.807, 2.05) is 0 Å². The van der Waals surface area contributed by atoms with Gasteiger partial charge in [-0.25, -0.2) is 0 Å². The monoisotopic (exact) mass is 399 g/mol. The van der Waals surface area contributed by atoms with Gasteiger partial charge in [-0.3, -0.25) is 4.90 Å². The summed E-state index contributed by atoms with van der Waals surface area (Å²) in [6.45, 7) is 2.17. The van der Waals surface area contributed by atoms with Gasteiger partial charge in [0.25, 0.3) is 0 Å². The minimum absolute atomic E-state index is 0. The highest BCUT2D eigenvalue weighted by atomic mass is 35.5. The molecule has 28 heavy (non-hydrogen) atoms. The summed E-state index contributed by atoms with van der Waals surface area (Å²) in [6, 6.07) is 21.3. The second-order valence-electron chi connectivity index (χ2n) is 8.44. The molecule has 152 valence electrons. The van der Waals surface area contributed by atoms with Crippen LogP contribution >= 0.6 is 12.4 Å². The molecule has 2 atom stereocenters. The van der Waals surface area contributed by atoms with Crippen LogP contribution in [-0.4, -0.2) is 23.1 Å². The number of aliphatic hydroxyl groups is 1. The molecule has 0 amide bonds. The summed E-state index contributed by atoms with van der Waals surface area (Å²) in [7, 11) is 0. The van der Waals surface area contributed by atoms with E-state index in [2.05, 4.69) is 65.6 Å². The highest BCUT2D eigenvalue weighted by molar-refractivity contribution is 5.85. The lowest BCUT2D eigenvalue weighted by molar-refractivity contribution is -0.112. The minimum atomic E-state index is -0.833. The summed E-state index contributed by atoms with van der Waals surface area (Å²) < 4.78 is 0. The first kappa shape index (κ1) is 21.4. The Kier molecular flexibility index (Phi) is 7.56. The van der Waals surface area contributed by atoms with Crippen LogP contribution in [0.5, 0.6) is 0 Å². The van der Waals surface area contributed by atoms with Crippen molar-refractivity contribution in [1.29, 1.82) is 0 Å². The molecule has 2 aliphatic rings. The Labute approximate surface area is 176 Å². The minimum Gasteiger partial charge on any atom is -0.383 e. The molecule has 2 fully saturated rings. The van der Waals surface area contributed by atoms with Crippen molar-refractivity contribution in [3.8, 4) is 0 Å². The van der Waals surface area contributed by atoms with Crippen LogP contribution in [0.15, 0.2) is 60.7 Å². The average molecular weight is 400 g/mol. The summed E-state index contributed by atoms with van der Waals surface area (Å²) in [5.41, 5.74) is 1.52. The molecule has 2 aromatic carbocycles. The van der Waals surface area contributed by atoms with Crippen LogP contribution < -0.4 is 0 Å². The second-order valence-corrected chi connectivity index (χ2v) is 8.44. The summed E-state index contributed by atoms with van der Waals surface area (Å²) in [5.74, 6) is 0.320. The summed E-state index contributed by atoms with van der Waals surface area (Å²) in [5, 5.41) is 12.5. The van der Waals surface area contributed by atoms with Crippen LogP contribution in [0.1, 0.15) is 68.5 Å². The third kappa shape index (κ3) is 4.30. The topological polar surface area (TPSA) is 23.5 Å². The summed E-state index contributed by atoms with van der Waals surface area (Å²) in [4.78, 5) is 2.57. The van der Waals surface area contributed by atoms with Gasteiger partial charge in [0.2, 0.25) is 0 Å². The quantitative estimate of drug-likeness (QED) is 0.656. The average Bonchev–Trinajstić information content (AvgIpc) is 2.76. The van der Waals surface area contributed by atoms with E-state index in [0.29, 0.717) is 5.92 Å². The lowest BCUT2D eigenvalue weighted by atomic mass is 9.67. The lowest BCUT2D eigenvalue weighted by Gasteiger charge is -2.49. The largest absolute Gasteiger partial charge is 0.383 e. The van der Waals surface area contributed by atoms with Crippen LogP contribution in [0.2, 0.25) is 0 Å². The predicted molar refractivity (Wildman–Crippen MR) is 119 cm³/mol. The van der Waals surface area contributed by atoms with E-state index in [-0.39, 0.29) is 18.4 Å². The van der Waals surface area contributed by atoms with Crippen LogP contribution in [0.3, 0.4) is 0 Å². The zero-order valence-corrected chi connectivity index (χ0v) is 17.6. The van der Waals surface area contributed by atoms with Gasteiger partial charge in [-0.1, -0.05) is 86.3 Å². The normalized spacial score (nSPS) is 22.0. The summed E-state index contributed by atoms with van der Waals surface area (Å²) >= 11 is 0. The van der Waals surface area contributed by atoms with Crippen molar-refractivity contribution < 1.29 is 5.11 Å². The number of halogens is 1. The van der Waals surface area contributed by atoms with Gasteiger partial charge < -0.3 is 5.11 Å². The second kappa shape index (κ2) is 9.91. The van der Waals surface area contributed by atoms with Gasteiger partial charge >= 0.3 is 0 Å². The van der Waals surface area contributed by atoms with Gasteiger partial charge in [-0.15, -0.1) is 12.4 Å². The molecule has 4 rings (SSSR count). The maximum Gasteiger partial charge on any atom is 0.112 e. The van der Waals surface area contributed by atoms with Crippen molar-refractivity contribution in [2.75, 3.05) is 13.1 Å². The Morgan fingerprint density at radius 1 is 0.750 bits per heavy atom. The van der Waals surface area contributed by atoms with Gasteiger partial charge in [0.1, 0.15) is 5.60 Å². The SMILES string of the molecule is Cl.OC(c1ccccc1)(C1CCCCC1)C(c1ccccc1)N1CCCCC1. The Balaban J connectivity index is 0.00000225. The van der Waals surface area contributed by atoms with Crippen LogP contribution in [0, 0.1) is 5.92 Å². The maximum absolute atomic E-state index is 12.5. The van der Waals surface area contributed by atoms with Gasteiger partial charge in [-0.05, 0) is 55.8 Å². The fourth-order valence-electron chi connectivity index (χ4n) is 5.42. The molecule has 1 aliphatic carbocycles. The van der Waals surface area contributed by atoms with Crippen molar-refractivity contribution >= 4 is 12.4 Å². The molecular formula is C25H34ClNO. The number of likely N-dealkylation sites (tertiary alicyclic amines) is 1.